The van der Waals surface area contributed by atoms with Gasteiger partial charge in [-0.05, 0) is 29.7 Å². The Labute approximate surface area is 189 Å². The van der Waals surface area contributed by atoms with Gasteiger partial charge in [0.1, 0.15) is 0 Å². The van der Waals surface area contributed by atoms with Gasteiger partial charge in [-0.3, -0.25) is 9.59 Å². The second-order valence-corrected chi connectivity index (χ2v) is 8.08. The number of rotatable bonds is 6. The van der Waals surface area contributed by atoms with Crippen LogP contribution in [-0.4, -0.2) is 24.2 Å². The van der Waals surface area contributed by atoms with E-state index in [9.17, 15) is 22.8 Å². The van der Waals surface area contributed by atoms with Gasteiger partial charge in [-0.25, -0.2) is 0 Å². The van der Waals surface area contributed by atoms with Crippen molar-refractivity contribution in [2.75, 3.05) is 17.7 Å². The molecule has 0 aliphatic rings. The first-order chi connectivity index (χ1) is 14.7. The fourth-order valence-corrected chi connectivity index (χ4v) is 4.23. The molecule has 0 aliphatic heterocycles. The van der Waals surface area contributed by atoms with Crippen LogP contribution < -0.4 is 5.32 Å². The van der Waals surface area contributed by atoms with Crippen molar-refractivity contribution in [3.05, 3.63) is 70.2 Å². The summed E-state index contributed by atoms with van der Waals surface area (Å²) in [6.45, 7) is -0.752. The molecule has 0 saturated heterocycles. The fraction of sp³-hybridized carbons (Fsp3) is 0.143. The van der Waals surface area contributed by atoms with E-state index in [-0.39, 0.29) is 10.8 Å². The summed E-state index contributed by atoms with van der Waals surface area (Å²) in [7, 11) is 0. The molecule has 0 bridgehead atoms. The van der Waals surface area contributed by atoms with E-state index in [4.69, 9.17) is 27.9 Å². The lowest BCUT2D eigenvalue weighted by Crippen LogP contribution is -2.23. The van der Waals surface area contributed by atoms with Crippen molar-refractivity contribution in [3.8, 4) is 0 Å². The second kappa shape index (κ2) is 9.80. The van der Waals surface area contributed by atoms with Crippen molar-refractivity contribution in [2.24, 2.45) is 0 Å². The topological polar surface area (TPSA) is 55.4 Å². The molecule has 0 unspecified atom stereocenters. The van der Waals surface area contributed by atoms with E-state index < -0.39 is 35.9 Å². The highest BCUT2D eigenvalue weighted by Gasteiger charge is 2.34. The van der Waals surface area contributed by atoms with Gasteiger partial charge >= 0.3 is 12.1 Å². The van der Waals surface area contributed by atoms with Gasteiger partial charge in [0.2, 0.25) is 0 Å². The van der Waals surface area contributed by atoms with E-state index >= 15 is 0 Å². The highest BCUT2D eigenvalue weighted by molar-refractivity contribution is 8.00. The van der Waals surface area contributed by atoms with E-state index in [0.29, 0.717) is 5.02 Å². The number of fused-ring (bicyclic) bond motifs is 1. The van der Waals surface area contributed by atoms with Crippen molar-refractivity contribution in [1.82, 2.24) is 0 Å². The van der Waals surface area contributed by atoms with Crippen LogP contribution >= 0.6 is 35.0 Å². The van der Waals surface area contributed by atoms with Crippen LogP contribution in [0.5, 0.6) is 0 Å². The van der Waals surface area contributed by atoms with Crippen LogP contribution in [0, 0.1) is 0 Å². The molecule has 3 aromatic rings. The first-order valence-corrected chi connectivity index (χ1v) is 10.5. The lowest BCUT2D eigenvalue weighted by molar-refractivity contribution is -0.144. The Bertz CT molecular complexity index is 1130. The average molecular weight is 488 g/mol. The van der Waals surface area contributed by atoms with Gasteiger partial charge in [0.05, 0.1) is 22.0 Å². The lowest BCUT2D eigenvalue weighted by atomic mass is 10.1. The molecule has 3 aromatic carbocycles. The third-order valence-electron chi connectivity index (χ3n) is 4.11. The zero-order chi connectivity index (χ0) is 22.6. The quantitative estimate of drug-likeness (QED) is 0.321. The van der Waals surface area contributed by atoms with Crippen LogP contribution in [0.1, 0.15) is 5.56 Å². The molecule has 31 heavy (non-hydrogen) atoms. The maximum absolute atomic E-state index is 13.1. The molecule has 0 radical (unpaired) electrons. The summed E-state index contributed by atoms with van der Waals surface area (Å²) < 4.78 is 44.1. The number of alkyl halides is 3. The Morgan fingerprint density at radius 1 is 0.968 bits per heavy atom. The van der Waals surface area contributed by atoms with E-state index in [2.05, 4.69) is 5.32 Å². The van der Waals surface area contributed by atoms with Crippen molar-refractivity contribution >= 4 is 63.3 Å². The van der Waals surface area contributed by atoms with Crippen LogP contribution in [0.3, 0.4) is 0 Å². The number of carbonyl (C=O) groups excluding carboxylic acids is 2. The standard InChI is InChI=1S/C21H14Cl2F3NO3S/c22-14-7-1-4-12-5-2-9-16(19(12)14)31-11-18(29)30-10-17(28)27-20-13(21(24,25)26)6-3-8-15(20)23/h1-9H,10-11H2,(H,27,28). The minimum Gasteiger partial charge on any atom is -0.455 e. The highest BCUT2D eigenvalue weighted by Crippen LogP contribution is 2.38. The van der Waals surface area contributed by atoms with Crippen LogP contribution in [-0.2, 0) is 20.5 Å². The smallest absolute Gasteiger partial charge is 0.418 e. The fourth-order valence-electron chi connectivity index (χ4n) is 2.77. The van der Waals surface area contributed by atoms with Crippen LogP contribution in [0.2, 0.25) is 10.0 Å². The molecule has 1 N–H and O–H groups in total. The first-order valence-electron chi connectivity index (χ1n) is 8.78. The maximum atomic E-state index is 13.1. The Morgan fingerprint density at radius 2 is 1.61 bits per heavy atom. The molecule has 0 atom stereocenters. The van der Waals surface area contributed by atoms with Gasteiger partial charge < -0.3 is 10.1 Å². The Balaban J connectivity index is 1.59. The van der Waals surface area contributed by atoms with E-state index in [1.807, 2.05) is 24.3 Å². The average Bonchev–Trinajstić information content (AvgIpc) is 2.71. The molecule has 0 aromatic heterocycles. The number of anilines is 1. The molecule has 3 rings (SSSR count). The number of esters is 1. The summed E-state index contributed by atoms with van der Waals surface area (Å²) in [5, 5.41) is 4.01. The number of hydrogen-bond acceptors (Lipinski definition) is 4. The zero-order valence-electron chi connectivity index (χ0n) is 15.6. The maximum Gasteiger partial charge on any atom is 0.418 e. The number of thioether (sulfide) groups is 1. The van der Waals surface area contributed by atoms with Gasteiger partial charge in [0, 0.05) is 15.3 Å². The highest BCUT2D eigenvalue weighted by atomic mass is 35.5. The van der Waals surface area contributed by atoms with Gasteiger partial charge in [0.15, 0.2) is 6.61 Å². The minimum atomic E-state index is -4.71. The number of carbonyl (C=O) groups is 2. The molecular formula is C21H14Cl2F3NO3S. The SMILES string of the molecule is O=C(COC(=O)CSc1cccc2cccc(Cl)c12)Nc1c(Cl)cccc1C(F)(F)F. The number of ether oxygens (including phenoxy) is 1. The van der Waals surface area contributed by atoms with Gasteiger partial charge in [0.25, 0.3) is 5.91 Å². The van der Waals surface area contributed by atoms with Gasteiger partial charge in [-0.15, -0.1) is 11.8 Å². The van der Waals surface area contributed by atoms with Crippen molar-refractivity contribution in [2.45, 2.75) is 11.1 Å². The van der Waals surface area contributed by atoms with Gasteiger partial charge in [-0.1, -0.05) is 53.5 Å². The van der Waals surface area contributed by atoms with Gasteiger partial charge in [-0.2, -0.15) is 13.2 Å². The molecule has 0 heterocycles. The van der Waals surface area contributed by atoms with Crippen molar-refractivity contribution in [3.63, 3.8) is 0 Å². The molecule has 162 valence electrons. The summed E-state index contributed by atoms with van der Waals surface area (Å²) in [5.74, 6) is -1.76. The number of nitrogens with one attached hydrogen (secondary N) is 1. The third kappa shape index (κ3) is 5.84. The third-order valence-corrected chi connectivity index (χ3v) is 5.77. The van der Waals surface area contributed by atoms with Crippen molar-refractivity contribution < 1.29 is 27.5 Å². The number of para-hydroxylation sites is 1. The predicted molar refractivity (Wildman–Crippen MR) is 116 cm³/mol. The van der Waals surface area contributed by atoms with Crippen LogP contribution in [0.15, 0.2) is 59.5 Å². The summed E-state index contributed by atoms with van der Waals surface area (Å²) in [5.41, 5.74) is -1.68. The number of hydrogen-bond donors (Lipinski definition) is 1. The Hall–Kier alpha value is -2.42. The van der Waals surface area contributed by atoms with Crippen LogP contribution in [0.25, 0.3) is 10.8 Å². The summed E-state index contributed by atoms with van der Waals surface area (Å²) >= 11 is 13.2. The minimum absolute atomic E-state index is 0.114. The molecule has 0 aliphatic carbocycles. The van der Waals surface area contributed by atoms with E-state index in [1.54, 1.807) is 12.1 Å². The Kier molecular flexibility index (Phi) is 7.35. The first kappa shape index (κ1) is 23.2. The van der Waals surface area contributed by atoms with Crippen molar-refractivity contribution in [1.29, 1.82) is 0 Å². The number of benzene rings is 3. The van der Waals surface area contributed by atoms with E-state index in [0.717, 1.165) is 27.8 Å². The molecule has 10 heteroatoms. The normalized spacial score (nSPS) is 11.4. The molecule has 0 saturated carbocycles. The second-order valence-electron chi connectivity index (χ2n) is 6.25. The number of amides is 1. The summed E-state index contributed by atoms with van der Waals surface area (Å²) in [6, 6.07) is 14.1. The van der Waals surface area contributed by atoms with E-state index in [1.165, 1.54) is 17.8 Å². The molecular weight excluding hydrogens is 474 g/mol. The predicted octanol–water partition coefficient (Wildman–Crippen LogP) is 6.44. The molecule has 0 spiro atoms. The molecule has 4 nitrogen and oxygen atoms in total. The molecule has 0 fully saturated rings. The summed E-state index contributed by atoms with van der Waals surface area (Å²) in [4.78, 5) is 24.8. The lowest BCUT2D eigenvalue weighted by Gasteiger charge is -2.15. The summed E-state index contributed by atoms with van der Waals surface area (Å²) in [6.07, 6.45) is -4.71. The Morgan fingerprint density at radius 3 is 2.32 bits per heavy atom. The largest absolute Gasteiger partial charge is 0.455 e. The number of halogens is 5. The molecule has 1 amide bonds. The zero-order valence-corrected chi connectivity index (χ0v) is 18.0. The monoisotopic (exact) mass is 487 g/mol. The van der Waals surface area contributed by atoms with Crippen LogP contribution in [0.4, 0.5) is 18.9 Å².